The van der Waals surface area contributed by atoms with Crippen molar-refractivity contribution in [2.24, 2.45) is 0 Å². The van der Waals surface area contributed by atoms with Gasteiger partial charge in [-0.25, -0.2) is 4.98 Å². The molecule has 0 saturated heterocycles. The van der Waals surface area contributed by atoms with Crippen molar-refractivity contribution in [3.8, 4) is 0 Å². The summed E-state index contributed by atoms with van der Waals surface area (Å²) in [7, 11) is 0. The van der Waals surface area contributed by atoms with Gasteiger partial charge in [-0.05, 0) is 19.4 Å². The molecule has 0 aliphatic carbocycles. The zero-order chi connectivity index (χ0) is 13.7. The molecule has 2 heterocycles. The summed E-state index contributed by atoms with van der Waals surface area (Å²) in [5.41, 5.74) is 0. The molecule has 6 nitrogen and oxygen atoms in total. The molecule has 0 radical (unpaired) electrons. The molecule has 106 valence electrons. The fourth-order valence-electron chi connectivity index (χ4n) is 2.36. The standard InChI is InChI=1S/C13H22N4O2/c1-2-4-14-11(13(18)19)3-6-16-8-9-17-7-5-15-12(17)10-16/h5,7,11,14H,2-4,6,8-10H2,1H3,(H,18,19). The highest BCUT2D eigenvalue weighted by molar-refractivity contribution is 5.73. The van der Waals surface area contributed by atoms with E-state index in [1.54, 1.807) is 0 Å². The third-order valence-electron chi connectivity index (χ3n) is 3.50. The largest absolute Gasteiger partial charge is 0.480 e. The SMILES string of the molecule is CCCNC(CCN1CCn2ccnc2C1)C(=O)O. The topological polar surface area (TPSA) is 70.4 Å². The fourth-order valence-corrected chi connectivity index (χ4v) is 2.36. The van der Waals surface area contributed by atoms with E-state index in [0.29, 0.717) is 6.42 Å². The van der Waals surface area contributed by atoms with Gasteiger partial charge in [-0.15, -0.1) is 0 Å². The number of hydrogen-bond acceptors (Lipinski definition) is 4. The second kappa shape index (κ2) is 6.68. The van der Waals surface area contributed by atoms with E-state index in [0.717, 1.165) is 45.0 Å². The van der Waals surface area contributed by atoms with Crippen LogP contribution in [-0.4, -0.2) is 51.2 Å². The Bertz CT molecular complexity index is 419. The molecule has 1 aliphatic heterocycles. The van der Waals surface area contributed by atoms with Crippen LogP contribution in [0, 0.1) is 0 Å². The number of hydrogen-bond donors (Lipinski definition) is 2. The van der Waals surface area contributed by atoms with Crippen molar-refractivity contribution in [3.05, 3.63) is 18.2 Å². The normalized spacial score (nSPS) is 17.1. The van der Waals surface area contributed by atoms with Crippen molar-refractivity contribution < 1.29 is 9.90 Å². The molecule has 0 saturated carbocycles. The Balaban J connectivity index is 1.80. The Kier molecular flexibility index (Phi) is 4.93. The smallest absolute Gasteiger partial charge is 0.320 e. The molecule has 0 amide bonds. The number of carboxylic acids is 1. The number of nitrogens with one attached hydrogen (secondary N) is 1. The van der Waals surface area contributed by atoms with E-state index < -0.39 is 12.0 Å². The van der Waals surface area contributed by atoms with E-state index in [1.807, 2.05) is 19.3 Å². The Labute approximate surface area is 113 Å². The lowest BCUT2D eigenvalue weighted by molar-refractivity contribution is -0.139. The zero-order valence-electron chi connectivity index (χ0n) is 11.4. The van der Waals surface area contributed by atoms with Gasteiger partial charge in [0.2, 0.25) is 0 Å². The van der Waals surface area contributed by atoms with Crippen LogP contribution in [0.25, 0.3) is 0 Å². The first-order chi connectivity index (χ1) is 9.20. The highest BCUT2D eigenvalue weighted by atomic mass is 16.4. The first kappa shape index (κ1) is 14.0. The molecule has 0 fully saturated rings. The Hall–Kier alpha value is -1.40. The van der Waals surface area contributed by atoms with Gasteiger partial charge >= 0.3 is 5.97 Å². The van der Waals surface area contributed by atoms with Crippen molar-refractivity contribution in [3.63, 3.8) is 0 Å². The van der Waals surface area contributed by atoms with Crippen LogP contribution in [0.4, 0.5) is 0 Å². The maximum Gasteiger partial charge on any atom is 0.320 e. The van der Waals surface area contributed by atoms with E-state index in [1.165, 1.54) is 0 Å². The van der Waals surface area contributed by atoms with Crippen LogP contribution in [0.2, 0.25) is 0 Å². The maximum absolute atomic E-state index is 11.1. The van der Waals surface area contributed by atoms with Crippen LogP contribution >= 0.6 is 0 Å². The van der Waals surface area contributed by atoms with Gasteiger partial charge in [0, 0.05) is 32.0 Å². The summed E-state index contributed by atoms with van der Waals surface area (Å²) in [5, 5.41) is 12.2. The van der Waals surface area contributed by atoms with Gasteiger partial charge in [-0.1, -0.05) is 6.92 Å². The lowest BCUT2D eigenvalue weighted by atomic mass is 10.2. The van der Waals surface area contributed by atoms with Crippen molar-refractivity contribution >= 4 is 5.97 Å². The molecule has 0 spiro atoms. The summed E-state index contributed by atoms with van der Waals surface area (Å²) in [6, 6.07) is -0.443. The number of imidazole rings is 1. The average Bonchev–Trinajstić information content (AvgIpc) is 2.85. The Morgan fingerprint density at radius 3 is 3.16 bits per heavy atom. The maximum atomic E-state index is 11.1. The molecule has 6 heteroatoms. The summed E-state index contributed by atoms with van der Waals surface area (Å²) >= 11 is 0. The minimum Gasteiger partial charge on any atom is -0.480 e. The van der Waals surface area contributed by atoms with Gasteiger partial charge in [0.05, 0.1) is 6.54 Å². The van der Waals surface area contributed by atoms with Crippen molar-refractivity contribution in [2.45, 2.75) is 38.9 Å². The third kappa shape index (κ3) is 3.78. The van der Waals surface area contributed by atoms with E-state index in [9.17, 15) is 4.79 Å². The molecule has 1 aliphatic rings. The minimum atomic E-state index is -0.757. The van der Waals surface area contributed by atoms with Gasteiger partial charge in [0.25, 0.3) is 0 Å². The van der Waals surface area contributed by atoms with E-state index >= 15 is 0 Å². The summed E-state index contributed by atoms with van der Waals surface area (Å²) in [4.78, 5) is 17.7. The molecule has 1 aromatic rings. The summed E-state index contributed by atoms with van der Waals surface area (Å²) in [6.45, 7) is 6.30. The average molecular weight is 266 g/mol. The van der Waals surface area contributed by atoms with Crippen molar-refractivity contribution in [1.82, 2.24) is 19.8 Å². The van der Waals surface area contributed by atoms with Crippen LogP contribution in [0.5, 0.6) is 0 Å². The molecule has 0 bridgehead atoms. The second-order valence-corrected chi connectivity index (χ2v) is 4.95. The molecule has 1 aromatic heterocycles. The number of carbonyl (C=O) groups is 1. The number of aromatic nitrogens is 2. The molecule has 19 heavy (non-hydrogen) atoms. The van der Waals surface area contributed by atoms with Crippen LogP contribution in [0.3, 0.4) is 0 Å². The molecule has 0 aromatic carbocycles. The van der Waals surface area contributed by atoms with Crippen molar-refractivity contribution in [2.75, 3.05) is 19.6 Å². The van der Waals surface area contributed by atoms with E-state index in [4.69, 9.17) is 5.11 Å². The molecular formula is C13H22N4O2. The van der Waals surface area contributed by atoms with Gasteiger partial charge in [-0.2, -0.15) is 0 Å². The van der Waals surface area contributed by atoms with Crippen LogP contribution in [0.1, 0.15) is 25.6 Å². The van der Waals surface area contributed by atoms with Gasteiger partial charge in [0.1, 0.15) is 11.9 Å². The number of nitrogens with zero attached hydrogens (tertiary/aromatic N) is 3. The van der Waals surface area contributed by atoms with E-state index in [2.05, 4.69) is 19.8 Å². The van der Waals surface area contributed by atoms with Crippen LogP contribution in [-0.2, 0) is 17.9 Å². The quantitative estimate of drug-likeness (QED) is 0.754. The Morgan fingerprint density at radius 1 is 1.58 bits per heavy atom. The molecule has 1 unspecified atom stereocenters. The molecular weight excluding hydrogens is 244 g/mol. The number of rotatable bonds is 7. The number of fused-ring (bicyclic) bond motifs is 1. The van der Waals surface area contributed by atoms with Crippen molar-refractivity contribution in [1.29, 1.82) is 0 Å². The highest BCUT2D eigenvalue weighted by Gasteiger charge is 2.20. The van der Waals surface area contributed by atoms with E-state index in [-0.39, 0.29) is 0 Å². The lowest BCUT2D eigenvalue weighted by Gasteiger charge is -2.28. The van der Waals surface area contributed by atoms with Crippen LogP contribution in [0.15, 0.2) is 12.4 Å². The third-order valence-corrected chi connectivity index (χ3v) is 3.50. The summed E-state index contributed by atoms with van der Waals surface area (Å²) < 4.78 is 2.15. The zero-order valence-corrected chi connectivity index (χ0v) is 11.4. The summed E-state index contributed by atoms with van der Waals surface area (Å²) in [6.07, 6.45) is 5.40. The monoisotopic (exact) mass is 266 g/mol. The first-order valence-electron chi connectivity index (χ1n) is 6.89. The second-order valence-electron chi connectivity index (χ2n) is 4.95. The first-order valence-corrected chi connectivity index (χ1v) is 6.89. The predicted octanol–water partition coefficient (Wildman–Crippen LogP) is 0.542. The molecule has 2 N–H and O–H groups in total. The number of aliphatic carboxylic acids is 1. The molecule has 1 atom stereocenters. The molecule has 2 rings (SSSR count). The fraction of sp³-hybridized carbons (Fsp3) is 0.692. The van der Waals surface area contributed by atoms with Gasteiger partial charge in [-0.3, -0.25) is 9.69 Å². The minimum absolute atomic E-state index is 0.443. The predicted molar refractivity (Wildman–Crippen MR) is 71.8 cm³/mol. The van der Waals surface area contributed by atoms with Gasteiger partial charge < -0.3 is 15.0 Å². The lowest BCUT2D eigenvalue weighted by Crippen LogP contribution is -2.42. The van der Waals surface area contributed by atoms with Gasteiger partial charge in [0.15, 0.2) is 0 Å². The van der Waals surface area contributed by atoms with Crippen LogP contribution < -0.4 is 5.32 Å². The summed E-state index contributed by atoms with van der Waals surface area (Å²) in [5.74, 6) is 0.312. The highest BCUT2D eigenvalue weighted by Crippen LogP contribution is 2.11. The Morgan fingerprint density at radius 2 is 2.42 bits per heavy atom. The number of carboxylic acid groups (broad SMARTS) is 1.